The van der Waals surface area contributed by atoms with E-state index in [9.17, 15) is 9.90 Å². The molecule has 0 saturated heterocycles. The standard InChI is InChI=1S/C17H21ClN2O2/c1-3-6-14(20-15(21)7-4-2)12-10-13(18)11-8-5-9-19-16(11)17(12)22/h5,8-10,14,22H,3-4,6-7H2,1-2H3,(H,20,21). The topological polar surface area (TPSA) is 62.2 Å². The van der Waals surface area contributed by atoms with Crippen LogP contribution in [0.5, 0.6) is 5.75 Å². The highest BCUT2D eigenvalue weighted by atomic mass is 35.5. The number of rotatable bonds is 6. The SMILES string of the molecule is CCCC(=O)NC(CCC)c1cc(Cl)c2cccnc2c1O. The fraction of sp³-hybridized carbons (Fsp3) is 0.412. The van der Waals surface area contributed by atoms with Crippen LogP contribution in [-0.2, 0) is 4.79 Å². The number of nitrogens with one attached hydrogen (secondary N) is 1. The van der Waals surface area contributed by atoms with Crippen LogP contribution in [0.2, 0.25) is 5.02 Å². The van der Waals surface area contributed by atoms with Crippen LogP contribution < -0.4 is 5.32 Å². The van der Waals surface area contributed by atoms with Crippen LogP contribution in [0.25, 0.3) is 10.9 Å². The van der Waals surface area contributed by atoms with Gasteiger partial charge in [-0.3, -0.25) is 9.78 Å². The van der Waals surface area contributed by atoms with Gasteiger partial charge in [0.1, 0.15) is 11.3 Å². The van der Waals surface area contributed by atoms with Gasteiger partial charge in [-0.05, 0) is 31.0 Å². The zero-order chi connectivity index (χ0) is 16.1. The number of phenolic OH excluding ortho intramolecular Hbond substituents is 1. The molecule has 2 rings (SSSR count). The lowest BCUT2D eigenvalue weighted by Gasteiger charge is -2.21. The van der Waals surface area contributed by atoms with E-state index in [0.717, 1.165) is 19.3 Å². The molecule has 0 radical (unpaired) electrons. The van der Waals surface area contributed by atoms with Crippen molar-refractivity contribution in [3.8, 4) is 5.75 Å². The van der Waals surface area contributed by atoms with E-state index < -0.39 is 0 Å². The highest BCUT2D eigenvalue weighted by molar-refractivity contribution is 6.35. The van der Waals surface area contributed by atoms with Crippen LogP contribution in [0.3, 0.4) is 0 Å². The summed E-state index contributed by atoms with van der Waals surface area (Å²) in [6, 6.07) is 5.07. The number of amides is 1. The molecular formula is C17H21ClN2O2. The van der Waals surface area contributed by atoms with Crippen LogP contribution in [0.1, 0.15) is 51.1 Å². The first-order valence-corrected chi connectivity index (χ1v) is 8.01. The number of aromatic nitrogens is 1. The van der Waals surface area contributed by atoms with Crippen molar-refractivity contribution in [2.24, 2.45) is 0 Å². The highest BCUT2D eigenvalue weighted by Crippen LogP contribution is 2.37. The highest BCUT2D eigenvalue weighted by Gasteiger charge is 2.20. The Morgan fingerprint density at radius 2 is 2.18 bits per heavy atom. The molecule has 118 valence electrons. The Kier molecular flexibility index (Phi) is 5.61. The number of aromatic hydroxyl groups is 1. The predicted octanol–water partition coefficient (Wildman–Crippen LogP) is 4.35. The quantitative estimate of drug-likeness (QED) is 0.831. The molecule has 0 saturated carbocycles. The monoisotopic (exact) mass is 320 g/mol. The first kappa shape index (κ1) is 16.6. The lowest BCUT2D eigenvalue weighted by molar-refractivity contribution is -0.121. The van der Waals surface area contributed by atoms with Crippen molar-refractivity contribution < 1.29 is 9.90 Å². The third-order valence-electron chi connectivity index (χ3n) is 3.61. The van der Waals surface area contributed by atoms with Crippen molar-refractivity contribution >= 4 is 28.4 Å². The molecule has 1 aromatic carbocycles. The van der Waals surface area contributed by atoms with Gasteiger partial charge in [0.25, 0.3) is 0 Å². The Morgan fingerprint density at radius 3 is 2.86 bits per heavy atom. The molecule has 5 heteroatoms. The third-order valence-corrected chi connectivity index (χ3v) is 3.92. The maximum absolute atomic E-state index is 11.9. The fourth-order valence-electron chi connectivity index (χ4n) is 2.56. The van der Waals surface area contributed by atoms with Gasteiger partial charge < -0.3 is 10.4 Å². The average molecular weight is 321 g/mol. The van der Waals surface area contributed by atoms with Crippen molar-refractivity contribution in [3.05, 3.63) is 35.0 Å². The van der Waals surface area contributed by atoms with Crippen molar-refractivity contribution in [2.75, 3.05) is 0 Å². The largest absolute Gasteiger partial charge is 0.505 e. The number of halogens is 1. The Labute approximate surface area is 135 Å². The summed E-state index contributed by atoms with van der Waals surface area (Å²) in [5.41, 5.74) is 1.10. The summed E-state index contributed by atoms with van der Waals surface area (Å²) in [4.78, 5) is 16.1. The molecule has 4 nitrogen and oxygen atoms in total. The fourth-order valence-corrected chi connectivity index (χ4v) is 2.83. The maximum atomic E-state index is 11.9. The van der Waals surface area contributed by atoms with E-state index in [1.54, 1.807) is 18.3 Å². The molecule has 1 heterocycles. The average Bonchev–Trinajstić information content (AvgIpc) is 2.51. The molecule has 0 spiro atoms. The number of hydrogen-bond acceptors (Lipinski definition) is 3. The molecule has 2 aromatic rings. The van der Waals surface area contributed by atoms with E-state index in [1.807, 2.05) is 19.9 Å². The molecule has 0 aliphatic heterocycles. The number of carbonyl (C=O) groups is 1. The molecule has 1 unspecified atom stereocenters. The zero-order valence-electron chi connectivity index (χ0n) is 12.9. The van der Waals surface area contributed by atoms with E-state index in [2.05, 4.69) is 10.3 Å². The van der Waals surface area contributed by atoms with Crippen molar-refractivity contribution in [2.45, 2.75) is 45.6 Å². The van der Waals surface area contributed by atoms with Crippen LogP contribution in [-0.4, -0.2) is 16.0 Å². The minimum Gasteiger partial charge on any atom is -0.505 e. The van der Waals surface area contributed by atoms with Gasteiger partial charge in [0.05, 0.1) is 11.1 Å². The molecule has 22 heavy (non-hydrogen) atoms. The molecule has 1 amide bonds. The summed E-state index contributed by atoms with van der Waals surface area (Å²) in [7, 11) is 0. The van der Waals surface area contributed by atoms with Gasteiger partial charge in [0, 0.05) is 23.6 Å². The number of pyridine rings is 1. The van der Waals surface area contributed by atoms with Crippen molar-refractivity contribution in [1.29, 1.82) is 0 Å². The lowest BCUT2D eigenvalue weighted by atomic mass is 9.98. The van der Waals surface area contributed by atoms with E-state index in [4.69, 9.17) is 11.6 Å². The van der Waals surface area contributed by atoms with E-state index >= 15 is 0 Å². The summed E-state index contributed by atoms with van der Waals surface area (Å²) in [6.45, 7) is 4.00. The normalized spacial score (nSPS) is 12.3. The van der Waals surface area contributed by atoms with Gasteiger partial charge >= 0.3 is 0 Å². The number of nitrogens with zero attached hydrogens (tertiary/aromatic N) is 1. The smallest absolute Gasteiger partial charge is 0.220 e. The van der Waals surface area contributed by atoms with Gasteiger partial charge in [0.15, 0.2) is 0 Å². The number of fused-ring (bicyclic) bond motifs is 1. The second-order valence-corrected chi connectivity index (χ2v) is 5.76. The number of hydrogen-bond donors (Lipinski definition) is 2. The Morgan fingerprint density at radius 1 is 1.41 bits per heavy atom. The first-order valence-electron chi connectivity index (χ1n) is 7.63. The Hall–Kier alpha value is -1.81. The molecule has 0 bridgehead atoms. The van der Waals surface area contributed by atoms with Crippen LogP contribution >= 0.6 is 11.6 Å². The maximum Gasteiger partial charge on any atom is 0.220 e. The Balaban J connectivity index is 2.45. The van der Waals surface area contributed by atoms with Gasteiger partial charge in [-0.25, -0.2) is 0 Å². The molecule has 1 aromatic heterocycles. The van der Waals surface area contributed by atoms with E-state index in [-0.39, 0.29) is 17.7 Å². The Bertz CT molecular complexity index is 673. The van der Waals surface area contributed by atoms with Gasteiger partial charge in [-0.2, -0.15) is 0 Å². The number of benzene rings is 1. The number of carbonyl (C=O) groups excluding carboxylic acids is 1. The molecule has 2 N–H and O–H groups in total. The zero-order valence-corrected chi connectivity index (χ0v) is 13.7. The lowest BCUT2D eigenvalue weighted by Crippen LogP contribution is -2.28. The summed E-state index contributed by atoms with van der Waals surface area (Å²) in [5, 5.41) is 14.8. The third kappa shape index (κ3) is 3.50. The van der Waals surface area contributed by atoms with Crippen LogP contribution in [0, 0.1) is 0 Å². The van der Waals surface area contributed by atoms with Gasteiger partial charge in [-0.15, -0.1) is 0 Å². The van der Waals surface area contributed by atoms with Crippen molar-refractivity contribution in [3.63, 3.8) is 0 Å². The van der Waals surface area contributed by atoms with Crippen LogP contribution in [0.15, 0.2) is 24.4 Å². The van der Waals surface area contributed by atoms with E-state index in [1.165, 1.54) is 0 Å². The van der Waals surface area contributed by atoms with Gasteiger partial charge in [-0.1, -0.05) is 31.9 Å². The van der Waals surface area contributed by atoms with Crippen LogP contribution in [0.4, 0.5) is 0 Å². The summed E-state index contributed by atoms with van der Waals surface area (Å²) in [5.74, 6) is 0.0767. The van der Waals surface area contributed by atoms with E-state index in [0.29, 0.717) is 27.9 Å². The molecule has 0 aliphatic carbocycles. The second kappa shape index (κ2) is 7.45. The van der Waals surface area contributed by atoms with Crippen molar-refractivity contribution in [1.82, 2.24) is 10.3 Å². The minimum absolute atomic E-state index is 0.0161. The predicted molar refractivity (Wildman–Crippen MR) is 89.1 cm³/mol. The summed E-state index contributed by atoms with van der Waals surface area (Å²) < 4.78 is 0. The summed E-state index contributed by atoms with van der Waals surface area (Å²) >= 11 is 6.31. The first-order chi connectivity index (χ1) is 10.6. The van der Waals surface area contributed by atoms with Gasteiger partial charge in [0.2, 0.25) is 5.91 Å². The summed E-state index contributed by atoms with van der Waals surface area (Å²) in [6.07, 6.45) is 4.50. The molecule has 1 atom stereocenters. The molecule has 0 fully saturated rings. The minimum atomic E-state index is -0.257. The second-order valence-electron chi connectivity index (χ2n) is 5.35. The molecule has 0 aliphatic rings. The molecular weight excluding hydrogens is 300 g/mol. The number of phenols is 1.